The Balaban J connectivity index is 3.04. The first-order valence-electron chi connectivity index (χ1n) is 6.41. The van der Waals surface area contributed by atoms with Crippen molar-refractivity contribution in [1.82, 2.24) is 10.3 Å². The smallest absolute Gasteiger partial charge is 0.137 e. The van der Waals surface area contributed by atoms with E-state index < -0.39 is 0 Å². The summed E-state index contributed by atoms with van der Waals surface area (Å²) in [4.78, 5) is 4.23. The number of nitrogens with zero attached hydrogens (tertiary/aromatic N) is 1. The lowest BCUT2D eigenvalue weighted by Gasteiger charge is -2.35. The van der Waals surface area contributed by atoms with Gasteiger partial charge in [0, 0.05) is 13.3 Å². The van der Waals surface area contributed by atoms with Gasteiger partial charge in [-0.15, -0.1) is 0 Å². The van der Waals surface area contributed by atoms with Crippen LogP contribution >= 0.6 is 0 Å². The molecule has 1 aromatic heterocycles. The van der Waals surface area contributed by atoms with E-state index in [1.54, 1.807) is 13.3 Å². The van der Waals surface area contributed by atoms with Crippen LogP contribution in [0.25, 0.3) is 0 Å². The summed E-state index contributed by atoms with van der Waals surface area (Å²) in [6, 6.07) is 2.10. The van der Waals surface area contributed by atoms with E-state index in [1.165, 1.54) is 0 Å². The lowest BCUT2D eigenvalue weighted by molar-refractivity contribution is -0.0281. The fourth-order valence-electron chi connectivity index (χ4n) is 2.13. The fraction of sp³-hybridized carbons (Fsp3) is 0.643. The van der Waals surface area contributed by atoms with Crippen molar-refractivity contribution < 1.29 is 9.47 Å². The lowest BCUT2D eigenvalue weighted by atomic mass is 9.88. The first-order valence-corrected chi connectivity index (χ1v) is 6.41. The average Bonchev–Trinajstić information content (AvgIpc) is 2.40. The SMILES string of the molecule is CCOc1cncc(C(NC)C(C)(CC)OC)c1. The Morgan fingerprint density at radius 2 is 2.11 bits per heavy atom. The van der Waals surface area contributed by atoms with E-state index in [4.69, 9.17) is 9.47 Å². The van der Waals surface area contributed by atoms with Gasteiger partial charge in [0.25, 0.3) is 0 Å². The molecule has 1 aromatic rings. The maximum Gasteiger partial charge on any atom is 0.137 e. The second-order valence-electron chi connectivity index (χ2n) is 4.48. The van der Waals surface area contributed by atoms with Crippen molar-refractivity contribution in [2.24, 2.45) is 0 Å². The number of aromatic nitrogens is 1. The van der Waals surface area contributed by atoms with E-state index in [0.29, 0.717) is 6.61 Å². The van der Waals surface area contributed by atoms with Crippen LogP contribution in [-0.2, 0) is 4.74 Å². The van der Waals surface area contributed by atoms with Gasteiger partial charge in [-0.25, -0.2) is 0 Å². The Morgan fingerprint density at radius 1 is 1.39 bits per heavy atom. The lowest BCUT2D eigenvalue weighted by Crippen LogP contribution is -2.41. The van der Waals surface area contributed by atoms with Crippen LogP contribution < -0.4 is 10.1 Å². The number of rotatable bonds is 7. The van der Waals surface area contributed by atoms with Gasteiger partial charge in [0.05, 0.1) is 24.4 Å². The zero-order chi connectivity index (χ0) is 13.6. The van der Waals surface area contributed by atoms with Crippen LogP contribution in [0.5, 0.6) is 5.75 Å². The largest absolute Gasteiger partial charge is 0.492 e. The summed E-state index contributed by atoms with van der Waals surface area (Å²) >= 11 is 0. The van der Waals surface area contributed by atoms with E-state index in [-0.39, 0.29) is 11.6 Å². The molecule has 0 fully saturated rings. The third-order valence-corrected chi connectivity index (χ3v) is 3.45. The summed E-state index contributed by atoms with van der Waals surface area (Å²) < 4.78 is 11.2. The van der Waals surface area contributed by atoms with Gasteiger partial charge in [0.2, 0.25) is 0 Å². The van der Waals surface area contributed by atoms with Crippen molar-refractivity contribution in [3.8, 4) is 5.75 Å². The highest BCUT2D eigenvalue weighted by molar-refractivity contribution is 5.27. The zero-order valence-electron chi connectivity index (χ0n) is 12.0. The maximum atomic E-state index is 5.66. The van der Waals surface area contributed by atoms with Gasteiger partial charge in [-0.1, -0.05) is 6.92 Å². The molecule has 0 bridgehead atoms. The summed E-state index contributed by atoms with van der Waals surface area (Å²) in [5.41, 5.74) is 0.816. The van der Waals surface area contributed by atoms with Crippen molar-refractivity contribution in [1.29, 1.82) is 0 Å². The third kappa shape index (κ3) is 3.21. The van der Waals surface area contributed by atoms with Gasteiger partial charge in [-0.05, 0) is 38.9 Å². The molecule has 4 heteroatoms. The molecule has 18 heavy (non-hydrogen) atoms. The Labute approximate surface area is 110 Å². The molecular formula is C14H24N2O2. The van der Waals surface area contributed by atoms with E-state index in [0.717, 1.165) is 17.7 Å². The Morgan fingerprint density at radius 3 is 2.61 bits per heavy atom. The molecule has 0 aliphatic rings. The summed E-state index contributed by atoms with van der Waals surface area (Å²) in [7, 11) is 3.68. The van der Waals surface area contributed by atoms with Gasteiger partial charge in [0.15, 0.2) is 0 Å². The van der Waals surface area contributed by atoms with Crippen molar-refractivity contribution in [2.45, 2.75) is 38.8 Å². The standard InChI is InChI=1S/C14H24N2O2/c1-6-14(3,17-5)13(15-4)11-8-12(18-7-2)10-16-9-11/h8-10,13,15H,6-7H2,1-5H3. The van der Waals surface area contributed by atoms with Crippen molar-refractivity contribution >= 4 is 0 Å². The van der Waals surface area contributed by atoms with Crippen LogP contribution in [0.15, 0.2) is 18.5 Å². The van der Waals surface area contributed by atoms with Crippen molar-refractivity contribution in [3.63, 3.8) is 0 Å². The minimum Gasteiger partial charge on any atom is -0.492 e. The molecule has 1 heterocycles. The first kappa shape index (κ1) is 14.9. The maximum absolute atomic E-state index is 5.66. The van der Waals surface area contributed by atoms with E-state index in [1.807, 2.05) is 26.2 Å². The normalized spacial score (nSPS) is 16.1. The van der Waals surface area contributed by atoms with Crippen molar-refractivity contribution in [2.75, 3.05) is 20.8 Å². The van der Waals surface area contributed by atoms with Crippen LogP contribution in [0.2, 0.25) is 0 Å². The molecule has 102 valence electrons. The number of pyridine rings is 1. The molecule has 0 aromatic carbocycles. The van der Waals surface area contributed by atoms with Gasteiger partial charge < -0.3 is 14.8 Å². The molecule has 0 saturated carbocycles. The van der Waals surface area contributed by atoms with E-state index >= 15 is 0 Å². The minimum atomic E-state index is -0.263. The Bertz CT molecular complexity index is 365. The van der Waals surface area contributed by atoms with Crippen LogP contribution in [0, 0.1) is 0 Å². The summed E-state index contributed by atoms with van der Waals surface area (Å²) in [5.74, 6) is 0.796. The summed E-state index contributed by atoms with van der Waals surface area (Å²) in [6.07, 6.45) is 4.50. The molecule has 0 aliphatic carbocycles. The fourth-order valence-corrected chi connectivity index (χ4v) is 2.13. The van der Waals surface area contributed by atoms with Gasteiger partial charge in [0.1, 0.15) is 5.75 Å². The molecule has 0 radical (unpaired) electrons. The molecule has 2 atom stereocenters. The number of methoxy groups -OCH3 is 1. The topological polar surface area (TPSA) is 43.4 Å². The molecule has 1 N–H and O–H groups in total. The predicted octanol–water partition coefficient (Wildman–Crippen LogP) is 2.56. The highest BCUT2D eigenvalue weighted by Gasteiger charge is 2.33. The molecule has 0 spiro atoms. The minimum absolute atomic E-state index is 0.0837. The molecule has 4 nitrogen and oxygen atoms in total. The number of hydrogen-bond donors (Lipinski definition) is 1. The van der Waals surface area contributed by atoms with Gasteiger partial charge >= 0.3 is 0 Å². The molecule has 0 amide bonds. The van der Waals surface area contributed by atoms with Gasteiger partial charge in [-0.3, -0.25) is 4.98 Å². The van der Waals surface area contributed by atoms with Crippen molar-refractivity contribution in [3.05, 3.63) is 24.0 Å². The Kier molecular flexibility index (Phi) is 5.56. The molecule has 0 aliphatic heterocycles. The van der Waals surface area contributed by atoms with Crippen LogP contribution in [0.1, 0.15) is 38.8 Å². The number of hydrogen-bond acceptors (Lipinski definition) is 4. The first-order chi connectivity index (χ1) is 8.61. The Hall–Kier alpha value is -1.13. The number of ether oxygens (including phenoxy) is 2. The van der Waals surface area contributed by atoms with Crippen LogP contribution in [0.3, 0.4) is 0 Å². The van der Waals surface area contributed by atoms with Crippen LogP contribution in [0.4, 0.5) is 0 Å². The van der Waals surface area contributed by atoms with E-state index in [9.17, 15) is 0 Å². The zero-order valence-corrected chi connectivity index (χ0v) is 12.0. The third-order valence-electron chi connectivity index (χ3n) is 3.45. The molecule has 0 saturated heterocycles. The summed E-state index contributed by atoms with van der Waals surface area (Å²) in [5, 5.41) is 3.31. The molecule has 2 unspecified atom stereocenters. The molecular weight excluding hydrogens is 228 g/mol. The monoisotopic (exact) mass is 252 g/mol. The predicted molar refractivity (Wildman–Crippen MR) is 72.9 cm³/mol. The second kappa shape index (κ2) is 6.71. The average molecular weight is 252 g/mol. The van der Waals surface area contributed by atoms with E-state index in [2.05, 4.69) is 24.1 Å². The van der Waals surface area contributed by atoms with Crippen LogP contribution in [-0.4, -0.2) is 31.3 Å². The quantitative estimate of drug-likeness (QED) is 0.810. The highest BCUT2D eigenvalue weighted by atomic mass is 16.5. The number of nitrogens with one attached hydrogen (secondary N) is 1. The number of likely N-dealkylation sites (N-methyl/N-ethyl adjacent to an activating group) is 1. The highest BCUT2D eigenvalue weighted by Crippen LogP contribution is 2.32. The second-order valence-corrected chi connectivity index (χ2v) is 4.48. The summed E-state index contributed by atoms with van der Waals surface area (Å²) in [6.45, 7) is 6.83. The van der Waals surface area contributed by atoms with Gasteiger partial charge in [-0.2, -0.15) is 0 Å². The molecule has 1 rings (SSSR count).